The van der Waals surface area contributed by atoms with Crippen molar-refractivity contribution in [3.8, 4) is 50.2 Å². The van der Waals surface area contributed by atoms with Crippen LogP contribution in [0.5, 0.6) is 0 Å². The molecule has 0 unspecified atom stereocenters. The van der Waals surface area contributed by atoms with Crippen LogP contribution in [-0.4, -0.2) is 11.3 Å². The lowest BCUT2D eigenvalue weighted by molar-refractivity contribution is 0.569. The second kappa shape index (κ2) is 25.7. The molecule has 13 aromatic carbocycles. The van der Waals surface area contributed by atoms with E-state index in [1.807, 2.05) is 0 Å². The summed E-state index contributed by atoms with van der Waals surface area (Å²) in [5.74, 6) is 0. The first kappa shape index (κ1) is 73.1. The average molecular weight is 1450 g/mol. The first-order valence-electron chi connectivity index (χ1n) is 40.5. The van der Waals surface area contributed by atoms with Gasteiger partial charge in [0.1, 0.15) is 0 Å². The summed E-state index contributed by atoms with van der Waals surface area (Å²) in [7, 11) is 0. The molecule has 0 spiro atoms. The third-order valence-corrected chi connectivity index (χ3v) is 24.8. The molecule has 3 nitrogen and oxygen atoms in total. The molecule has 3 aliphatic rings. The second-order valence-electron chi connectivity index (χ2n) is 39.5. The van der Waals surface area contributed by atoms with E-state index in [4.69, 9.17) is 0 Å². The number of fused-ring (bicyclic) bond motifs is 10. The highest BCUT2D eigenvalue weighted by Gasteiger charge is 2.49. The number of nitrogens with zero attached hydrogens (tertiary/aromatic N) is 3. The van der Waals surface area contributed by atoms with Gasteiger partial charge < -0.3 is 14.4 Å². The third kappa shape index (κ3) is 12.2. The minimum absolute atomic E-state index is 0.0178. The minimum atomic E-state index is -0.595. The molecule has 1 aromatic heterocycles. The van der Waals surface area contributed by atoms with Crippen LogP contribution in [0.4, 0.5) is 34.1 Å². The minimum Gasteiger partial charge on any atom is -0.311 e. The maximum atomic E-state index is 2.72. The van der Waals surface area contributed by atoms with E-state index in [1.165, 1.54) is 161 Å². The fourth-order valence-electron chi connectivity index (χ4n) is 18.2. The maximum Gasteiger partial charge on any atom is 0.252 e. The Bertz CT molecular complexity index is 5960. The molecule has 0 saturated heterocycles. The smallest absolute Gasteiger partial charge is 0.252 e. The van der Waals surface area contributed by atoms with Crippen molar-refractivity contribution < 1.29 is 0 Å². The van der Waals surface area contributed by atoms with E-state index in [9.17, 15) is 0 Å². The van der Waals surface area contributed by atoms with Gasteiger partial charge >= 0.3 is 0 Å². The van der Waals surface area contributed by atoms with Crippen molar-refractivity contribution >= 4 is 79.0 Å². The number of benzene rings is 13. The van der Waals surface area contributed by atoms with E-state index >= 15 is 0 Å². The van der Waals surface area contributed by atoms with Crippen LogP contribution < -0.4 is 26.2 Å². The molecule has 0 bridgehead atoms. The summed E-state index contributed by atoms with van der Waals surface area (Å²) >= 11 is 0. The topological polar surface area (TPSA) is 11.4 Å². The Labute approximate surface area is 662 Å². The molecular weight excluding hydrogens is 1340 g/mol. The lowest BCUT2D eigenvalue weighted by atomic mass is 9.33. The monoisotopic (exact) mass is 1450 g/mol. The van der Waals surface area contributed by atoms with Crippen LogP contribution in [0.1, 0.15) is 207 Å². The Morgan fingerprint density at radius 1 is 0.243 bits per heavy atom. The Morgan fingerprint density at radius 3 is 1.16 bits per heavy atom. The standard InChI is InChI=1S/C107H108BN3/c1-100(2,3)71-45-40-67(41-46-71)83-60-75(102(7,8)9)49-54-92(83)110-95-58-69(70-56-77(104(13,14)15)59-78(57-70)105(16,17)18)44-52-89(95)108-90-53-51-80(64-96(90)111(98-63-79(106(19,20)21)62-97(110)99(98)108)93-55-50-76(103(10,11)12)61-84(93)68-42-47-72(48-43-68)101(4,5)6)109-91-39-31-29-37-82(91)86-65-85-81-36-28-30-38-87(81)107(88(85)66-94(86)109,73-32-24-22-25-33-73)74-34-26-23-27-35-74/h22-66H,1-21H3. The molecule has 111 heavy (non-hydrogen) atoms. The fraction of sp³-hybridized carbons (Fsp3) is 0.271. The molecular formula is C107H108BN3. The van der Waals surface area contributed by atoms with Gasteiger partial charge in [-0.2, -0.15) is 0 Å². The van der Waals surface area contributed by atoms with Crippen molar-refractivity contribution in [3.63, 3.8) is 0 Å². The number of aromatic nitrogens is 1. The predicted molar refractivity (Wildman–Crippen MR) is 479 cm³/mol. The zero-order valence-electron chi connectivity index (χ0n) is 69.4. The van der Waals surface area contributed by atoms with Crippen molar-refractivity contribution in [2.75, 3.05) is 9.80 Å². The van der Waals surface area contributed by atoms with Gasteiger partial charge in [0.15, 0.2) is 0 Å². The van der Waals surface area contributed by atoms with Crippen molar-refractivity contribution in [2.24, 2.45) is 0 Å². The predicted octanol–water partition coefficient (Wildman–Crippen LogP) is 27.3. The first-order chi connectivity index (χ1) is 52.5. The summed E-state index contributed by atoms with van der Waals surface area (Å²) in [6, 6.07) is 108. The Morgan fingerprint density at radius 2 is 0.667 bits per heavy atom. The molecule has 554 valence electrons. The van der Waals surface area contributed by atoms with Gasteiger partial charge in [-0.05, 0) is 222 Å². The zero-order valence-corrected chi connectivity index (χ0v) is 69.4. The van der Waals surface area contributed by atoms with Gasteiger partial charge in [0.05, 0.1) is 27.8 Å². The first-order valence-corrected chi connectivity index (χ1v) is 40.5. The quantitative estimate of drug-likeness (QED) is 0.141. The van der Waals surface area contributed by atoms with Crippen LogP contribution in [0.15, 0.2) is 273 Å². The van der Waals surface area contributed by atoms with Crippen molar-refractivity contribution in [3.05, 3.63) is 334 Å². The molecule has 1 aliphatic carbocycles. The number of rotatable bonds is 8. The lowest BCUT2D eigenvalue weighted by Gasteiger charge is -2.46. The van der Waals surface area contributed by atoms with Gasteiger partial charge in [-0.1, -0.05) is 346 Å². The SMILES string of the molecule is CC(C)(C)c1ccc(-c2cc(C(C)(C)C)ccc2N2c3cc(-c4cc(C(C)(C)C)cc(C(C)(C)C)c4)ccc3B3c4ccc(-n5c6ccccc6c6cc7c(cc65)C(c5ccccc5)(c5ccccc5)c5ccccc5-7)cc4N(c4ccc(C(C)(C)C)cc4-c4ccc(C(C)(C)C)cc4)c4cc(C(C)(C)C)cc2c43)cc1. The second-order valence-corrected chi connectivity index (χ2v) is 39.5. The Kier molecular flexibility index (Phi) is 16.9. The molecule has 14 aromatic rings. The van der Waals surface area contributed by atoms with Gasteiger partial charge in [0.25, 0.3) is 6.71 Å². The van der Waals surface area contributed by atoms with E-state index in [0.717, 1.165) is 22.7 Å². The van der Waals surface area contributed by atoms with Crippen LogP contribution in [0.2, 0.25) is 0 Å². The van der Waals surface area contributed by atoms with E-state index in [1.54, 1.807) is 0 Å². The van der Waals surface area contributed by atoms with Crippen LogP contribution in [-0.2, 0) is 43.3 Å². The number of anilines is 6. The molecule has 0 atom stereocenters. The molecule has 0 amide bonds. The fourth-order valence-corrected chi connectivity index (χ4v) is 18.2. The van der Waals surface area contributed by atoms with Crippen LogP contribution in [0.3, 0.4) is 0 Å². The van der Waals surface area contributed by atoms with Gasteiger partial charge in [-0.3, -0.25) is 0 Å². The highest BCUT2D eigenvalue weighted by Crippen LogP contribution is 2.59. The summed E-state index contributed by atoms with van der Waals surface area (Å²) in [6.07, 6.45) is 0. The number of hydrogen-bond donors (Lipinski definition) is 0. The molecule has 0 saturated carbocycles. The van der Waals surface area contributed by atoms with Crippen molar-refractivity contribution in [1.29, 1.82) is 0 Å². The molecule has 0 N–H and O–H groups in total. The van der Waals surface area contributed by atoms with E-state index in [0.29, 0.717) is 0 Å². The molecule has 17 rings (SSSR count). The normalized spacial score (nSPS) is 14.2. The van der Waals surface area contributed by atoms with Crippen molar-refractivity contribution in [1.82, 2.24) is 4.57 Å². The molecule has 0 fully saturated rings. The Hall–Kier alpha value is -10.7. The van der Waals surface area contributed by atoms with Crippen LogP contribution >= 0.6 is 0 Å². The highest BCUT2D eigenvalue weighted by atomic mass is 15.2. The van der Waals surface area contributed by atoms with Crippen molar-refractivity contribution in [2.45, 2.75) is 189 Å². The Balaban J connectivity index is 1.01. The number of para-hydroxylation sites is 1. The molecule has 0 radical (unpaired) electrons. The largest absolute Gasteiger partial charge is 0.311 e. The average Bonchev–Trinajstić information content (AvgIpc) is 1.68. The van der Waals surface area contributed by atoms with Gasteiger partial charge in [0.2, 0.25) is 0 Å². The summed E-state index contributed by atoms with van der Waals surface area (Å²) < 4.78 is 2.60. The summed E-state index contributed by atoms with van der Waals surface area (Å²) in [4.78, 5) is 5.44. The van der Waals surface area contributed by atoms with Gasteiger partial charge in [-0.15, -0.1) is 0 Å². The lowest BCUT2D eigenvalue weighted by Crippen LogP contribution is -2.61. The van der Waals surface area contributed by atoms with E-state index in [2.05, 4.69) is 433 Å². The third-order valence-electron chi connectivity index (χ3n) is 24.8. The van der Waals surface area contributed by atoms with Crippen LogP contribution in [0, 0.1) is 0 Å². The van der Waals surface area contributed by atoms with E-state index in [-0.39, 0.29) is 44.6 Å². The molecule has 3 heterocycles. The van der Waals surface area contributed by atoms with Gasteiger partial charge in [-0.25, -0.2) is 0 Å². The molecule has 4 heteroatoms. The number of hydrogen-bond acceptors (Lipinski definition) is 2. The summed E-state index contributed by atoms with van der Waals surface area (Å²) in [6.45, 7) is 49.3. The molecule has 2 aliphatic heterocycles. The summed E-state index contributed by atoms with van der Waals surface area (Å²) in [5.41, 5.74) is 36.9. The van der Waals surface area contributed by atoms with E-state index < -0.39 is 5.41 Å². The van der Waals surface area contributed by atoms with Gasteiger partial charge in [0, 0.05) is 50.3 Å². The van der Waals surface area contributed by atoms with Crippen LogP contribution in [0.25, 0.3) is 72.0 Å². The highest BCUT2D eigenvalue weighted by molar-refractivity contribution is 7.00. The summed E-state index contributed by atoms with van der Waals surface area (Å²) in [5, 5.41) is 2.46. The zero-order chi connectivity index (χ0) is 78.2. The maximum absolute atomic E-state index is 2.72.